The van der Waals surface area contributed by atoms with Gasteiger partial charge in [-0.2, -0.15) is 0 Å². The Balaban J connectivity index is 1.51. The number of nitrogens with one attached hydrogen (secondary N) is 1. The van der Waals surface area contributed by atoms with Gasteiger partial charge in [0.05, 0.1) is 0 Å². The van der Waals surface area contributed by atoms with Crippen LogP contribution in [0.15, 0.2) is 0 Å². The summed E-state index contributed by atoms with van der Waals surface area (Å²) in [6, 6.07) is 0.752. The normalized spacial score (nSPS) is 32.3. The summed E-state index contributed by atoms with van der Waals surface area (Å²) in [4.78, 5) is 2.60. The molecule has 1 atom stereocenters. The molecule has 0 saturated carbocycles. The van der Waals surface area contributed by atoms with E-state index in [9.17, 15) is 0 Å². The molecule has 3 aliphatic rings. The highest BCUT2D eigenvalue weighted by molar-refractivity contribution is 4.90. The van der Waals surface area contributed by atoms with E-state index in [4.69, 9.17) is 4.74 Å². The van der Waals surface area contributed by atoms with Crippen LogP contribution in [0.1, 0.15) is 33.1 Å². The Hall–Kier alpha value is -0.120. The van der Waals surface area contributed by atoms with E-state index in [1.807, 2.05) is 0 Å². The zero-order chi connectivity index (χ0) is 12.1. The molecule has 17 heavy (non-hydrogen) atoms. The summed E-state index contributed by atoms with van der Waals surface area (Å²) in [5.41, 5.74) is 0. The molecule has 0 aliphatic carbocycles. The molecule has 3 aliphatic heterocycles. The second-order valence-corrected chi connectivity index (χ2v) is 6.02. The number of nitrogens with zero attached hydrogens (tertiary/aromatic N) is 1. The number of hydrogen-bond donors (Lipinski definition) is 1. The van der Waals surface area contributed by atoms with Crippen LogP contribution in [-0.2, 0) is 4.74 Å². The molecule has 3 nitrogen and oxygen atoms in total. The van der Waals surface area contributed by atoms with Crippen molar-refractivity contribution in [3.05, 3.63) is 0 Å². The predicted molar refractivity (Wildman–Crippen MR) is 71.2 cm³/mol. The summed E-state index contributed by atoms with van der Waals surface area (Å²) in [7, 11) is 0. The minimum atomic E-state index is 0.657. The molecule has 0 aromatic carbocycles. The van der Waals surface area contributed by atoms with Crippen molar-refractivity contribution in [1.82, 2.24) is 10.2 Å². The Morgan fingerprint density at radius 1 is 1.29 bits per heavy atom. The molecular formula is C14H28N2O. The molecule has 1 unspecified atom stereocenters. The van der Waals surface area contributed by atoms with Crippen LogP contribution in [0.2, 0.25) is 0 Å². The molecule has 3 saturated heterocycles. The van der Waals surface area contributed by atoms with Gasteiger partial charge in [-0.05, 0) is 50.7 Å². The van der Waals surface area contributed by atoms with Gasteiger partial charge in [0, 0.05) is 25.8 Å². The van der Waals surface area contributed by atoms with E-state index >= 15 is 0 Å². The molecule has 1 N–H and O–H groups in total. The molecule has 3 fully saturated rings. The average Bonchev–Trinajstić information content (AvgIpc) is 2.35. The van der Waals surface area contributed by atoms with E-state index in [0.29, 0.717) is 5.92 Å². The van der Waals surface area contributed by atoms with Crippen LogP contribution in [-0.4, -0.2) is 50.3 Å². The number of rotatable bonds is 7. The van der Waals surface area contributed by atoms with Gasteiger partial charge in [0.25, 0.3) is 0 Å². The van der Waals surface area contributed by atoms with Crippen molar-refractivity contribution in [2.75, 3.05) is 39.4 Å². The van der Waals surface area contributed by atoms with Gasteiger partial charge in [-0.25, -0.2) is 0 Å². The molecule has 0 amide bonds. The molecule has 2 bridgehead atoms. The lowest BCUT2D eigenvalue weighted by Crippen LogP contribution is -2.56. The van der Waals surface area contributed by atoms with E-state index in [0.717, 1.165) is 38.1 Å². The predicted octanol–water partition coefficient (Wildman–Crippen LogP) is 1.73. The lowest BCUT2D eigenvalue weighted by molar-refractivity contribution is 0.0688. The second-order valence-electron chi connectivity index (χ2n) is 6.02. The van der Waals surface area contributed by atoms with Gasteiger partial charge >= 0.3 is 0 Å². The van der Waals surface area contributed by atoms with Crippen molar-refractivity contribution in [3.63, 3.8) is 0 Å². The second kappa shape index (κ2) is 6.72. The summed E-state index contributed by atoms with van der Waals surface area (Å²) in [6.45, 7) is 11.3. The summed E-state index contributed by atoms with van der Waals surface area (Å²) in [6.07, 6.45) is 3.96. The first-order valence-electron chi connectivity index (χ1n) is 7.29. The highest BCUT2D eigenvalue weighted by Gasteiger charge is 2.33. The highest BCUT2D eigenvalue weighted by Crippen LogP contribution is 2.27. The molecule has 0 spiro atoms. The molecule has 3 rings (SSSR count). The summed E-state index contributed by atoms with van der Waals surface area (Å²) < 4.78 is 5.60. The summed E-state index contributed by atoms with van der Waals surface area (Å²) >= 11 is 0. The monoisotopic (exact) mass is 240 g/mol. The van der Waals surface area contributed by atoms with E-state index in [2.05, 4.69) is 24.1 Å². The van der Waals surface area contributed by atoms with Gasteiger partial charge in [0.2, 0.25) is 0 Å². The van der Waals surface area contributed by atoms with Crippen molar-refractivity contribution in [2.24, 2.45) is 11.8 Å². The Kier molecular flexibility index (Phi) is 5.26. The molecule has 0 aromatic rings. The van der Waals surface area contributed by atoms with Gasteiger partial charge < -0.3 is 15.0 Å². The summed E-state index contributed by atoms with van der Waals surface area (Å²) in [5.74, 6) is 1.60. The smallest absolute Gasteiger partial charge is 0.0489 e. The van der Waals surface area contributed by atoms with E-state index in [1.54, 1.807) is 0 Å². The van der Waals surface area contributed by atoms with Crippen LogP contribution in [0, 0.1) is 11.8 Å². The third-order valence-corrected chi connectivity index (χ3v) is 3.98. The number of fused-ring (bicyclic) bond motifs is 3. The fourth-order valence-corrected chi connectivity index (χ4v) is 2.98. The topological polar surface area (TPSA) is 24.5 Å². The minimum Gasteiger partial charge on any atom is -0.381 e. The largest absolute Gasteiger partial charge is 0.381 e. The molecule has 0 aromatic heterocycles. The average molecular weight is 240 g/mol. The first kappa shape index (κ1) is 13.3. The molecule has 0 radical (unpaired) electrons. The number of piperidine rings is 3. The third kappa shape index (κ3) is 4.23. The van der Waals surface area contributed by atoms with Crippen LogP contribution in [0.3, 0.4) is 0 Å². The van der Waals surface area contributed by atoms with Gasteiger partial charge in [-0.1, -0.05) is 13.8 Å². The van der Waals surface area contributed by atoms with Crippen LogP contribution in [0.4, 0.5) is 0 Å². The molecule has 3 heteroatoms. The maximum absolute atomic E-state index is 5.60. The van der Waals surface area contributed by atoms with Gasteiger partial charge in [-0.15, -0.1) is 0 Å². The number of ether oxygens (including phenoxy) is 1. The van der Waals surface area contributed by atoms with Crippen molar-refractivity contribution >= 4 is 0 Å². The van der Waals surface area contributed by atoms with Gasteiger partial charge in [-0.3, -0.25) is 0 Å². The SMILES string of the molecule is CC(C)COCCCNC1CN2CCC1CC2. The van der Waals surface area contributed by atoms with E-state index in [-0.39, 0.29) is 0 Å². The van der Waals surface area contributed by atoms with Gasteiger partial charge in [0.15, 0.2) is 0 Å². The lowest BCUT2D eigenvalue weighted by Gasteiger charge is -2.45. The van der Waals surface area contributed by atoms with Gasteiger partial charge in [0.1, 0.15) is 0 Å². The molecular weight excluding hydrogens is 212 g/mol. The van der Waals surface area contributed by atoms with Crippen LogP contribution >= 0.6 is 0 Å². The number of hydrogen-bond acceptors (Lipinski definition) is 3. The zero-order valence-corrected chi connectivity index (χ0v) is 11.5. The standard InChI is InChI=1S/C14H28N2O/c1-12(2)11-17-9-3-6-15-14-10-16-7-4-13(14)5-8-16/h12-15H,3-11H2,1-2H3. The van der Waals surface area contributed by atoms with E-state index in [1.165, 1.54) is 32.5 Å². The van der Waals surface area contributed by atoms with Crippen LogP contribution < -0.4 is 5.32 Å². The minimum absolute atomic E-state index is 0.657. The van der Waals surface area contributed by atoms with E-state index < -0.39 is 0 Å². The van der Waals surface area contributed by atoms with Crippen molar-refractivity contribution in [1.29, 1.82) is 0 Å². The van der Waals surface area contributed by atoms with Crippen molar-refractivity contribution < 1.29 is 4.74 Å². The van der Waals surface area contributed by atoms with Crippen molar-refractivity contribution in [2.45, 2.75) is 39.2 Å². The fraction of sp³-hybridized carbons (Fsp3) is 1.00. The fourth-order valence-electron chi connectivity index (χ4n) is 2.98. The first-order chi connectivity index (χ1) is 8.25. The summed E-state index contributed by atoms with van der Waals surface area (Å²) in [5, 5.41) is 3.72. The first-order valence-corrected chi connectivity index (χ1v) is 7.29. The zero-order valence-electron chi connectivity index (χ0n) is 11.5. The van der Waals surface area contributed by atoms with Crippen molar-refractivity contribution in [3.8, 4) is 0 Å². The Morgan fingerprint density at radius 2 is 2.06 bits per heavy atom. The van der Waals surface area contributed by atoms with Crippen LogP contribution in [0.25, 0.3) is 0 Å². The van der Waals surface area contributed by atoms with Crippen LogP contribution in [0.5, 0.6) is 0 Å². The highest BCUT2D eigenvalue weighted by atomic mass is 16.5. The molecule has 3 heterocycles. The Bertz CT molecular complexity index is 212. The third-order valence-electron chi connectivity index (χ3n) is 3.98. The Labute approximate surface area is 106 Å². The maximum atomic E-state index is 5.60. The quantitative estimate of drug-likeness (QED) is 0.686. The lowest BCUT2D eigenvalue weighted by atomic mass is 9.84. The maximum Gasteiger partial charge on any atom is 0.0489 e. The molecule has 100 valence electrons. The Morgan fingerprint density at radius 3 is 2.65 bits per heavy atom.